The first-order valence-corrected chi connectivity index (χ1v) is 17.7. The fourth-order valence-electron chi connectivity index (χ4n) is 6.40. The quantitative estimate of drug-likeness (QED) is 0.0481. The van der Waals surface area contributed by atoms with Crippen molar-refractivity contribution >= 4 is 35.0 Å². The second-order valence-electron chi connectivity index (χ2n) is 12.4. The molecule has 0 aromatic heterocycles. The summed E-state index contributed by atoms with van der Waals surface area (Å²) >= 11 is 13.2. The number of azide groups is 1. The first kappa shape index (κ1) is 36.5. The van der Waals surface area contributed by atoms with Crippen molar-refractivity contribution in [3.05, 3.63) is 181 Å². The highest BCUT2D eigenvalue weighted by atomic mass is 35.5. The molecule has 1 amide bonds. The molecule has 264 valence electrons. The smallest absolute Gasteiger partial charge is 0.252 e. The number of hydrogen-bond acceptors (Lipinski definition) is 6. The molecule has 2 N–H and O–H groups in total. The molecule has 0 saturated carbocycles. The maximum atomic E-state index is 15.1. The molecule has 0 aliphatic carbocycles. The minimum absolute atomic E-state index is 0.0327. The number of nitrogens with zero attached hydrogens (tertiary/aromatic N) is 4. The number of amides is 1. The van der Waals surface area contributed by atoms with Crippen molar-refractivity contribution in [2.75, 3.05) is 19.8 Å². The number of hydrogen-bond donors (Lipinski definition) is 2. The topological polar surface area (TPSA) is 129 Å². The van der Waals surface area contributed by atoms with Crippen LogP contribution in [0.5, 0.6) is 5.75 Å². The van der Waals surface area contributed by atoms with Gasteiger partial charge in [0.2, 0.25) is 5.90 Å². The van der Waals surface area contributed by atoms with Gasteiger partial charge in [0.25, 0.3) is 5.91 Å². The monoisotopic (exact) mass is 733 g/mol. The van der Waals surface area contributed by atoms with E-state index in [0.717, 1.165) is 22.3 Å². The van der Waals surface area contributed by atoms with Crippen molar-refractivity contribution in [3.63, 3.8) is 0 Å². The van der Waals surface area contributed by atoms with Crippen LogP contribution >= 0.6 is 23.2 Å². The highest BCUT2D eigenvalue weighted by Crippen LogP contribution is 2.45. The molecule has 9 nitrogen and oxygen atoms in total. The number of rotatable bonds is 15. The summed E-state index contributed by atoms with van der Waals surface area (Å²) in [5.74, 6) is 0.362. The van der Waals surface area contributed by atoms with Gasteiger partial charge in [-0.05, 0) is 64.2 Å². The van der Waals surface area contributed by atoms with E-state index in [0.29, 0.717) is 39.9 Å². The van der Waals surface area contributed by atoms with Crippen LogP contribution in [-0.2, 0) is 22.5 Å². The first-order valence-electron chi connectivity index (χ1n) is 16.9. The molecule has 6 rings (SSSR count). The van der Waals surface area contributed by atoms with Crippen molar-refractivity contribution < 1.29 is 19.4 Å². The van der Waals surface area contributed by atoms with Gasteiger partial charge in [-0.3, -0.25) is 4.79 Å². The zero-order valence-corrected chi connectivity index (χ0v) is 29.8. The maximum Gasteiger partial charge on any atom is 0.252 e. The van der Waals surface area contributed by atoms with E-state index in [9.17, 15) is 0 Å². The summed E-state index contributed by atoms with van der Waals surface area (Å²) in [5, 5.41) is 17.0. The zero-order valence-electron chi connectivity index (χ0n) is 28.2. The van der Waals surface area contributed by atoms with Gasteiger partial charge in [-0.1, -0.05) is 119 Å². The van der Waals surface area contributed by atoms with Crippen LogP contribution in [0.2, 0.25) is 10.0 Å². The predicted octanol–water partition coefficient (Wildman–Crippen LogP) is 9.01. The molecule has 1 heterocycles. The van der Waals surface area contributed by atoms with E-state index >= 15 is 4.79 Å². The van der Waals surface area contributed by atoms with Crippen LogP contribution in [0.25, 0.3) is 10.4 Å². The summed E-state index contributed by atoms with van der Waals surface area (Å²) in [6.07, 6.45) is -0.352. The van der Waals surface area contributed by atoms with Crippen LogP contribution in [0, 0.1) is 0 Å². The number of ether oxygens (including phenoxy) is 2. The van der Waals surface area contributed by atoms with Gasteiger partial charge in [0.05, 0.1) is 13.2 Å². The third-order valence-corrected chi connectivity index (χ3v) is 9.59. The third kappa shape index (κ3) is 8.41. The molecule has 1 aliphatic rings. The Morgan fingerprint density at radius 2 is 1.58 bits per heavy atom. The lowest BCUT2D eigenvalue weighted by Gasteiger charge is -2.32. The van der Waals surface area contributed by atoms with E-state index in [2.05, 4.69) is 15.3 Å². The molecule has 0 saturated heterocycles. The fraction of sp³-hybridized carbons (Fsp3) is 0.220. The summed E-state index contributed by atoms with van der Waals surface area (Å²) < 4.78 is 12.4. The Kier molecular flexibility index (Phi) is 12.1. The Balaban J connectivity index is 1.46. The lowest BCUT2D eigenvalue weighted by atomic mass is 9.80. The van der Waals surface area contributed by atoms with Crippen molar-refractivity contribution in [1.82, 2.24) is 5.32 Å². The molecular weight excluding hydrogens is 697 g/mol. The Bertz CT molecular complexity index is 2020. The molecule has 2 atom stereocenters. The zero-order chi connectivity index (χ0) is 36.3. The highest BCUT2D eigenvalue weighted by molar-refractivity contribution is 6.35. The van der Waals surface area contributed by atoms with E-state index in [4.69, 9.17) is 48.3 Å². The second-order valence-corrected chi connectivity index (χ2v) is 13.2. The van der Waals surface area contributed by atoms with Gasteiger partial charge in [0.1, 0.15) is 5.75 Å². The van der Waals surface area contributed by atoms with Gasteiger partial charge in [-0.15, -0.1) is 0 Å². The van der Waals surface area contributed by atoms with Crippen LogP contribution in [0.3, 0.4) is 0 Å². The Morgan fingerprint density at radius 1 is 0.923 bits per heavy atom. The molecule has 52 heavy (non-hydrogen) atoms. The highest BCUT2D eigenvalue weighted by Gasteiger charge is 2.54. The number of carbonyl (C=O) groups excluding carboxylic acids is 1. The van der Waals surface area contributed by atoms with E-state index in [-0.39, 0.29) is 43.8 Å². The molecule has 5 aromatic rings. The van der Waals surface area contributed by atoms with Gasteiger partial charge in [0, 0.05) is 58.0 Å². The second kappa shape index (κ2) is 17.3. The summed E-state index contributed by atoms with van der Waals surface area (Å²) in [7, 11) is 0. The number of carbonyl (C=O) groups is 1. The number of aliphatic hydroxyl groups is 1. The lowest BCUT2D eigenvalue weighted by molar-refractivity contribution is -0.129. The number of halogens is 2. The SMILES string of the molecule is [N-]=[N+]=NCc1ccccc1C[C@@]1(C(=O)NCC(c2ccccc2)c2ccccc2)N=C(c2ccc(OCCCO)cc2)O[C@@H]1c1ccc(Cl)cc1Cl. The maximum absolute atomic E-state index is 15.1. The number of aliphatic imine (C=N–C) groups is 1. The molecule has 11 heteroatoms. The van der Waals surface area contributed by atoms with Crippen LogP contribution < -0.4 is 10.1 Å². The normalized spacial score (nSPS) is 16.5. The summed E-state index contributed by atoms with van der Waals surface area (Å²) in [6, 6.07) is 39.9. The van der Waals surface area contributed by atoms with Gasteiger partial charge in [-0.2, -0.15) is 0 Å². The summed E-state index contributed by atoms with van der Waals surface area (Å²) in [4.78, 5) is 23.3. The van der Waals surface area contributed by atoms with E-state index in [1.807, 2.05) is 97.1 Å². The van der Waals surface area contributed by atoms with Crippen LogP contribution in [0.1, 0.15) is 51.8 Å². The summed E-state index contributed by atoms with van der Waals surface area (Å²) in [6.45, 7) is 0.775. The fourth-order valence-corrected chi connectivity index (χ4v) is 6.91. The van der Waals surface area contributed by atoms with E-state index in [1.165, 1.54) is 0 Å². The van der Waals surface area contributed by atoms with Crippen molar-refractivity contribution in [3.8, 4) is 5.75 Å². The molecule has 0 bridgehead atoms. The predicted molar refractivity (Wildman–Crippen MR) is 204 cm³/mol. The molecule has 1 aliphatic heterocycles. The van der Waals surface area contributed by atoms with Gasteiger partial charge >= 0.3 is 0 Å². The molecule has 0 radical (unpaired) electrons. The van der Waals surface area contributed by atoms with Crippen LogP contribution in [0.4, 0.5) is 0 Å². The standard InChI is InChI=1S/C41H37Cl2N5O4/c42-33-18-21-35(37(43)24-33)38-41(25-31-14-7-8-15-32(31)26-46-48-44,47-39(52-38)30-16-19-34(20-17-30)51-23-9-22-49)40(50)45-27-36(28-10-3-1-4-11-28)29-12-5-2-6-13-29/h1-8,10-21,24,36,38,49H,9,22-23,25-27H2,(H,45,50)/t38-,41-/m1/s1. The minimum atomic E-state index is -1.56. The van der Waals surface area contributed by atoms with Gasteiger partial charge in [-0.25, -0.2) is 4.99 Å². The Morgan fingerprint density at radius 3 is 2.21 bits per heavy atom. The number of nitrogens with one attached hydrogen (secondary N) is 1. The third-order valence-electron chi connectivity index (χ3n) is 9.03. The average Bonchev–Trinajstić information content (AvgIpc) is 3.55. The first-order chi connectivity index (χ1) is 25.4. The number of aliphatic hydroxyl groups excluding tert-OH is 1. The molecule has 0 unspecified atom stereocenters. The number of benzene rings is 5. The van der Waals surface area contributed by atoms with Crippen LogP contribution in [0.15, 0.2) is 138 Å². The minimum Gasteiger partial charge on any atom is -0.494 e. The average molecular weight is 735 g/mol. The van der Waals surface area contributed by atoms with Gasteiger partial charge in [0.15, 0.2) is 11.6 Å². The largest absolute Gasteiger partial charge is 0.494 e. The molecule has 0 spiro atoms. The van der Waals surface area contributed by atoms with E-state index in [1.54, 1.807) is 30.3 Å². The van der Waals surface area contributed by atoms with Crippen LogP contribution in [-0.4, -0.2) is 42.2 Å². The van der Waals surface area contributed by atoms with Gasteiger partial charge < -0.3 is 19.9 Å². The van der Waals surface area contributed by atoms with Crippen molar-refractivity contribution in [1.29, 1.82) is 0 Å². The summed E-state index contributed by atoms with van der Waals surface area (Å²) in [5.41, 5.74) is 12.4. The molecular formula is C41H37Cl2N5O4. The molecule has 0 fully saturated rings. The van der Waals surface area contributed by atoms with Crippen molar-refractivity contribution in [2.45, 2.75) is 36.9 Å². The lowest BCUT2D eigenvalue weighted by Crippen LogP contribution is -2.51. The van der Waals surface area contributed by atoms with Crippen molar-refractivity contribution in [2.24, 2.45) is 10.1 Å². The van der Waals surface area contributed by atoms with E-state index < -0.39 is 11.6 Å². The Labute approximate surface area is 312 Å². The Hall–Kier alpha value is -5.31. The molecule has 5 aromatic carbocycles.